The lowest BCUT2D eigenvalue weighted by Crippen LogP contribution is -2.49. The van der Waals surface area contributed by atoms with Gasteiger partial charge in [0.1, 0.15) is 6.33 Å². The molecule has 1 aromatic heterocycles. The van der Waals surface area contributed by atoms with Gasteiger partial charge in [0.2, 0.25) is 5.91 Å². The summed E-state index contributed by atoms with van der Waals surface area (Å²) in [6, 6.07) is 8.10. The number of amides is 1. The molecule has 2 aromatic rings. The molecule has 1 aliphatic rings. The predicted octanol–water partition coefficient (Wildman–Crippen LogP) is 1.79. The summed E-state index contributed by atoms with van der Waals surface area (Å²) in [7, 11) is 5.41. The zero-order chi connectivity index (χ0) is 20.0. The van der Waals surface area contributed by atoms with Crippen molar-refractivity contribution in [2.24, 2.45) is 10.4 Å². The summed E-state index contributed by atoms with van der Waals surface area (Å²) in [6.07, 6.45) is 5.55. The molecule has 8 nitrogen and oxygen atoms in total. The number of aromatic amines is 1. The van der Waals surface area contributed by atoms with E-state index in [4.69, 9.17) is 0 Å². The summed E-state index contributed by atoms with van der Waals surface area (Å²) in [5.74, 6) is 1.64. The zero-order valence-electron chi connectivity index (χ0n) is 16.8. The lowest BCUT2D eigenvalue weighted by Gasteiger charge is -2.31. The number of aliphatic imine (C=N–C) groups is 1. The molecule has 1 saturated carbocycles. The second-order valence-electron chi connectivity index (χ2n) is 7.50. The van der Waals surface area contributed by atoms with Gasteiger partial charge < -0.3 is 15.5 Å². The van der Waals surface area contributed by atoms with Crippen molar-refractivity contribution in [2.75, 3.05) is 27.7 Å². The van der Waals surface area contributed by atoms with Crippen LogP contribution in [0.15, 0.2) is 35.6 Å². The molecule has 0 radical (unpaired) electrons. The first-order chi connectivity index (χ1) is 13.5. The fraction of sp³-hybridized carbons (Fsp3) is 0.500. The Labute approximate surface area is 165 Å². The number of hydrogen-bond donors (Lipinski definition) is 3. The van der Waals surface area contributed by atoms with Crippen molar-refractivity contribution in [1.29, 1.82) is 0 Å². The largest absolute Gasteiger partial charge is 0.355 e. The molecule has 1 aromatic carbocycles. The Bertz CT molecular complexity index is 808. The summed E-state index contributed by atoms with van der Waals surface area (Å²) in [5, 5.41) is 13.5. The van der Waals surface area contributed by atoms with E-state index in [9.17, 15) is 4.79 Å². The number of nitrogens with zero attached hydrogens (tertiary/aromatic N) is 4. The van der Waals surface area contributed by atoms with Gasteiger partial charge in [0, 0.05) is 39.8 Å². The number of carbonyl (C=O) groups excluding carboxylic acids is 1. The number of carbonyl (C=O) groups is 1. The topological polar surface area (TPSA) is 98.3 Å². The van der Waals surface area contributed by atoms with E-state index in [2.05, 4.69) is 36.9 Å². The van der Waals surface area contributed by atoms with E-state index in [-0.39, 0.29) is 11.3 Å². The van der Waals surface area contributed by atoms with Gasteiger partial charge in [-0.3, -0.25) is 14.9 Å². The third-order valence-corrected chi connectivity index (χ3v) is 5.31. The molecule has 1 fully saturated rings. The van der Waals surface area contributed by atoms with Gasteiger partial charge in [-0.15, -0.1) is 0 Å². The van der Waals surface area contributed by atoms with E-state index in [1.165, 1.54) is 6.33 Å². The minimum Gasteiger partial charge on any atom is -0.355 e. The lowest BCUT2D eigenvalue weighted by atomic mass is 9.84. The van der Waals surface area contributed by atoms with E-state index in [1.807, 2.05) is 32.3 Å². The maximum Gasteiger partial charge on any atom is 0.230 e. The molecule has 0 unspecified atom stereocenters. The highest BCUT2D eigenvalue weighted by Crippen LogP contribution is 2.38. The Balaban J connectivity index is 1.59. The van der Waals surface area contributed by atoms with Gasteiger partial charge in [0.15, 0.2) is 11.8 Å². The highest BCUT2D eigenvalue weighted by atomic mass is 16.2. The number of rotatable bonds is 6. The highest BCUT2D eigenvalue weighted by molar-refractivity contribution is 5.85. The summed E-state index contributed by atoms with van der Waals surface area (Å²) < 4.78 is 0. The summed E-state index contributed by atoms with van der Waals surface area (Å²) >= 11 is 0. The van der Waals surface area contributed by atoms with Crippen LogP contribution in [0.5, 0.6) is 0 Å². The van der Waals surface area contributed by atoms with Gasteiger partial charge in [-0.2, -0.15) is 5.10 Å². The van der Waals surface area contributed by atoms with E-state index in [1.54, 1.807) is 11.9 Å². The normalized spacial score (nSPS) is 16.0. The quantitative estimate of drug-likeness (QED) is 0.522. The second kappa shape index (κ2) is 8.86. The monoisotopic (exact) mass is 383 g/mol. The van der Waals surface area contributed by atoms with Gasteiger partial charge in [0.25, 0.3) is 0 Å². The van der Waals surface area contributed by atoms with E-state index < -0.39 is 0 Å². The smallest absolute Gasteiger partial charge is 0.230 e. The first-order valence-electron chi connectivity index (χ1n) is 9.65. The molecule has 0 bridgehead atoms. The zero-order valence-corrected chi connectivity index (χ0v) is 16.8. The minimum atomic E-state index is -0.326. The molecule has 0 spiro atoms. The Hall–Kier alpha value is -2.90. The third kappa shape index (κ3) is 4.49. The first-order valence-corrected chi connectivity index (χ1v) is 9.65. The number of nitrogens with one attached hydrogen (secondary N) is 3. The molecule has 0 aliphatic heterocycles. The highest BCUT2D eigenvalue weighted by Gasteiger charge is 2.42. The van der Waals surface area contributed by atoms with E-state index >= 15 is 0 Å². The number of aromatic nitrogens is 3. The molecule has 0 saturated heterocycles. The van der Waals surface area contributed by atoms with Crippen molar-refractivity contribution in [3.63, 3.8) is 0 Å². The minimum absolute atomic E-state index is 0.202. The van der Waals surface area contributed by atoms with Crippen LogP contribution < -0.4 is 10.6 Å². The third-order valence-electron chi connectivity index (χ3n) is 5.31. The molecule has 3 rings (SSSR count). The van der Waals surface area contributed by atoms with Gasteiger partial charge in [0.05, 0.1) is 5.41 Å². The Morgan fingerprint density at radius 2 is 2.07 bits per heavy atom. The van der Waals surface area contributed by atoms with Crippen molar-refractivity contribution in [1.82, 2.24) is 30.7 Å². The Kier molecular flexibility index (Phi) is 6.28. The molecular weight excluding hydrogens is 354 g/mol. The number of benzene rings is 1. The van der Waals surface area contributed by atoms with E-state index in [0.29, 0.717) is 19.0 Å². The Morgan fingerprint density at radius 1 is 1.29 bits per heavy atom. The molecule has 28 heavy (non-hydrogen) atoms. The molecule has 0 atom stereocenters. The number of hydrogen-bond acceptors (Lipinski definition) is 4. The summed E-state index contributed by atoms with van der Waals surface area (Å²) in [5.41, 5.74) is 1.77. The van der Waals surface area contributed by atoms with Crippen LogP contribution in [0.2, 0.25) is 0 Å². The van der Waals surface area contributed by atoms with Crippen molar-refractivity contribution in [2.45, 2.75) is 32.2 Å². The van der Waals surface area contributed by atoms with E-state index in [0.717, 1.165) is 42.6 Å². The molecule has 1 heterocycles. The van der Waals surface area contributed by atoms with Crippen LogP contribution in [0, 0.1) is 5.41 Å². The summed E-state index contributed by atoms with van der Waals surface area (Å²) in [6.45, 7) is 1.22. The van der Waals surface area contributed by atoms with Crippen LogP contribution in [-0.2, 0) is 11.3 Å². The van der Waals surface area contributed by atoms with Crippen molar-refractivity contribution >= 4 is 11.9 Å². The maximum absolute atomic E-state index is 12.7. The van der Waals surface area contributed by atoms with Crippen molar-refractivity contribution in [3.8, 4) is 11.4 Å². The van der Waals surface area contributed by atoms with Crippen LogP contribution >= 0.6 is 0 Å². The van der Waals surface area contributed by atoms with Crippen LogP contribution in [0.1, 0.15) is 31.2 Å². The van der Waals surface area contributed by atoms with Crippen LogP contribution in [-0.4, -0.2) is 59.6 Å². The van der Waals surface area contributed by atoms with Crippen LogP contribution in [0.4, 0.5) is 0 Å². The second-order valence-corrected chi connectivity index (χ2v) is 7.50. The van der Waals surface area contributed by atoms with Crippen molar-refractivity contribution < 1.29 is 4.79 Å². The number of H-pyrrole nitrogens is 1. The van der Waals surface area contributed by atoms with Crippen LogP contribution in [0.25, 0.3) is 11.4 Å². The molecule has 1 amide bonds. The van der Waals surface area contributed by atoms with Gasteiger partial charge in [-0.1, -0.05) is 31.0 Å². The molecule has 1 aliphatic carbocycles. The molecule has 8 heteroatoms. The summed E-state index contributed by atoms with van der Waals surface area (Å²) in [4.78, 5) is 22.9. The fourth-order valence-corrected chi connectivity index (χ4v) is 3.82. The van der Waals surface area contributed by atoms with Crippen molar-refractivity contribution in [3.05, 3.63) is 36.2 Å². The fourth-order valence-electron chi connectivity index (χ4n) is 3.82. The predicted molar refractivity (Wildman–Crippen MR) is 110 cm³/mol. The average molecular weight is 384 g/mol. The molecule has 150 valence electrons. The first kappa shape index (κ1) is 19.9. The average Bonchev–Trinajstić information content (AvgIpc) is 3.40. The van der Waals surface area contributed by atoms with Gasteiger partial charge >= 0.3 is 0 Å². The Morgan fingerprint density at radius 3 is 2.71 bits per heavy atom. The number of guanidine groups is 1. The maximum atomic E-state index is 12.7. The lowest BCUT2D eigenvalue weighted by molar-refractivity contribution is -0.138. The van der Waals surface area contributed by atoms with Gasteiger partial charge in [-0.25, -0.2) is 4.98 Å². The SMILES string of the molecule is CN=C(NCc1cccc(-c2ncn[nH]2)c1)NCC1(C(=O)N(C)C)CCCC1. The van der Waals surface area contributed by atoms with Gasteiger partial charge in [-0.05, 0) is 24.5 Å². The van der Waals surface area contributed by atoms with Crippen LogP contribution in [0.3, 0.4) is 0 Å². The molecule has 3 N–H and O–H groups in total. The standard InChI is InChI=1S/C20H29N7O/c1-21-19(23-13-20(9-4-5-10-20)18(28)27(2)3)22-12-15-7-6-8-16(11-15)17-24-14-25-26-17/h6-8,11,14H,4-5,9-10,12-13H2,1-3H3,(H2,21,22,23)(H,24,25,26). The molecular formula is C20H29N7O.